The lowest BCUT2D eigenvalue weighted by Gasteiger charge is -1.99. The van der Waals surface area contributed by atoms with E-state index in [1.54, 1.807) is 12.1 Å². The van der Waals surface area contributed by atoms with Gasteiger partial charge in [-0.25, -0.2) is 4.98 Å². The van der Waals surface area contributed by atoms with E-state index in [1.165, 1.54) is 13.1 Å². The number of ketones is 2. The average Bonchev–Trinajstić information content (AvgIpc) is 2.16. The Morgan fingerprint density at radius 2 is 2.27 bits per heavy atom. The Bertz CT molecular complexity index is 432. The van der Waals surface area contributed by atoms with Crippen LogP contribution in [0.5, 0.6) is 0 Å². The number of rotatable bonds is 4. The third-order valence-electron chi connectivity index (χ3n) is 1.79. The fourth-order valence-corrected chi connectivity index (χ4v) is 1.21. The summed E-state index contributed by atoms with van der Waals surface area (Å²) in [7, 11) is 0. The van der Waals surface area contributed by atoms with Crippen LogP contribution in [0.3, 0.4) is 0 Å². The van der Waals surface area contributed by atoms with Crippen molar-refractivity contribution < 1.29 is 9.59 Å². The molecular weight excluding hydrogens is 192 g/mol. The van der Waals surface area contributed by atoms with Crippen molar-refractivity contribution in [2.45, 2.75) is 19.8 Å². The van der Waals surface area contributed by atoms with Crippen LogP contribution in [0.25, 0.3) is 0 Å². The molecule has 0 atom stereocenters. The van der Waals surface area contributed by atoms with Gasteiger partial charge in [-0.3, -0.25) is 9.59 Å². The largest absolute Gasteiger partial charge is 0.300 e. The number of hydrogen-bond acceptors (Lipinski definition) is 4. The van der Waals surface area contributed by atoms with E-state index in [1.807, 2.05) is 6.07 Å². The second-order valence-corrected chi connectivity index (χ2v) is 3.26. The molecule has 0 spiro atoms. The molecule has 0 N–H and O–H groups in total. The summed E-state index contributed by atoms with van der Waals surface area (Å²) in [5, 5.41) is 8.59. The third kappa shape index (κ3) is 3.69. The second kappa shape index (κ2) is 5.01. The first-order chi connectivity index (χ1) is 7.11. The van der Waals surface area contributed by atoms with Gasteiger partial charge in [0.1, 0.15) is 23.3 Å². The maximum Gasteiger partial charge on any atom is 0.144 e. The number of nitriles is 1. The summed E-state index contributed by atoms with van der Waals surface area (Å²) in [6.45, 7) is 1.38. The van der Waals surface area contributed by atoms with Crippen LogP contribution in [-0.4, -0.2) is 16.6 Å². The molecule has 1 aromatic rings. The van der Waals surface area contributed by atoms with Gasteiger partial charge in [0.25, 0.3) is 0 Å². The Kier molecular flexibility index (Phi) is 3.69. The molecule has 0 bridgehead atoms. The van der Waals surface area contributed by atoms with Crippen LogP contribution in [0.2, 0.25) is 0 Å². The van der Waals surface area contributed by atoms with Crippen LogP contribution in [0, 0.1) is 11.3 Å². The summed E-state index contributed by atoms with van der Waals surface area (Å²) in [5.74, 6) is -0.285. The third-order valence-corrected chi connectivity index (χ3v) is 1.79. The predicted molar refractivity (Wildman–Crippen MR) is 53.0 cm³/mol. The first-order valence-electron chi connectivity index (χ1n) is 4.48. The summed E-state index contributed by atoms with van der Waals surface area (Å²) in [4.78, 5) is 25.8. The van der Waals surface area contributed by atoms with Crippen LogP contribution >= 0.6 is 0 Å². The Labute approximate surface area is 87.6 Å². The van der Waals surface area contributed by atoms with Gasteiger partial charge in [-0.2, -0.15) is 5.26 Å². The number of Topliss-reactive ketones (excluding diaryl/α,β-unsaturated/α-hetero) is 2. The van der Waals surface area contributed by atoms with Gasteiger partial charge in [-0.15, -0.1) is 0 Å². The summed E-state index contributed by atoms with van der Waals surface area (Å²) in [6.07, 6.45) is 1.61. The van der Waals surface area contributed by atoms with Crippen LogP contribution in [0.4, 0.5) is 0 Å². The van der Waals surface area contributed by atoms with E-state index in [-0.39, 0.29) is 30.1 Å². The van der Waals surface area contributed by atoms with Gasteiger partial charge in [0.05, 0.1) is 6.42 Å². The fraction of sp³-hybridized carbons (Fsp3) is 0.273. The molecule has 0 saturated heterocycles. The van der Waals surface area contributed by atoms with Crippen molar-refractivity contribution in [1.82, 2.24) is 4.98 Å². The quantitative estimate of drug-likeness (QED) is 0.684. The molecule has 4 nitrogen and oxygen atoms in total. The van der Waals surface area contributed by atoms with E-state index < -0.39 is 0 Å². The van der Waals surface area contributed by atoms with E-state index >= 15 is 0 Å². The van der Waals surface area contributed by atoms with E-state index in [9.17, 15) is 9.59 Å². The lowest BCUT2D eigenvalue weighted by molar-refractivity contribution is -0.125. The molecule has 0 saturated carbocycles. The highest BCUT2D eigenvalue weighted by molar-refractivity contribution is 5.98. The van der Waals surface area contributed by atoms with Crippen LogP contribution in [-0.2, 0) is 16.0 Å². The highest BCUT2D eigenvalue weighted by Gasteiger charge is 2.07. The van der Waals surface area contributed by atoms with Gasteiger partial charge in [0.15, 0.2) is 0 Å². The number of hydrogen-bond donors (Lipinski definition) is 0. The van der Waals surface area contributed by atoms with E-state index in [2.05, 4.69) is 4.98 Å². The molecule has 1 rings (SSSR count). The number of carbonyl (C=O) groups is 2. The van der Waals surface area contributed by atoms with Gasteiger partial charge in [-0.05, 0) is 24.6 Å². The molecule has 15 heavy (non-hydrogen) atoms. The molecule has 0 radical (unpaired) electrons. The molecule has 0 aromatic carbocycles. The zero-order chi connectivity index (χ0) is 11.3. The SMILES string of the molecule is CC(=O)CC(=O)Cc1ccnc(C#N)c1. The van der Waals surface area contributed by atoms with Crippen LogP contribution < -0.4 is 0 Å². The zero-order valence-electron chi connectivity index (χ0n) is 8.36. The van der Waals surface area contributed by atoms with Crippen molar-refractivity contribution >= 4 is 11.6 Å². The maximum atomic E-state index is 11.3. The van der Waals surface area contributed by atoms with Crippen molar-refractivity contribution in [1.29, 1.82) is 5.26 Å². The summed E-state index contributed by atoms with van der Waals surface area (Å²) in [6, 6.07) is 5.11. The summed E-state index contributed by atoms with van der Waals surface area (Å²) in [5.41, 5.74) is 0.996. The van der Waals surface area contributed by atoms with Crippen molar-refractivity contribution in [2.75, 3.05) is 0 Å². The summed E-state index contributed by atoms with van der Waals surface area (Å²) >= 11 is 0. The number of nitrogens with zero attached hydrogens (tertiary/aromatic N) is 2. The van der Waals surface area contributed by atoms with E-state index in [0.717, 1.165) is 0 Å². The van der Waals surface area contributed by atoms with Gasteiger partial charge >= 0.3 is 0 Å². The fourth-order valence-electron chi connectivity index (χ4n) is 1.21. The molecule has 1 aromatic heterocycles. The normalized spacial score (nSPS) is 9.33. The minimum Gasteiger partial charge on any atom is -0.300 e. The topological polar surface area (TPSA) is 70.8 Å². The first kappa shape index (κ1) is 11.1. The Hall–Kier alpha value is -2.02. The Morgan fingerprint density at radius 3 is 2.87 bits per heavy atom. The van der Waals surface area contributed by atoms with Gasteiger partial charge in [-0.1, -0.05) is 0 Å². The molecule has 0 aliphatic heterocycles. The number of pyridine rings is 1. The van der Waals surface area contributed by atoms with Crippen molar-refractivity contribution in [3.8, 4) is 6.07 Å². The van der Waals surface area contributed by atoms with Crippen LogP contribution in [0.15, 0.2) is 18.3 Å². The van der Waals surface area contributed by atoms with Gasteiger partial charge in [0, 0.05) is 12.6 Å². The van der Waals surface area contributed by atoms with Gasteiger partial charge in [0.2, 0.25) is 0 Å². The predicted octanol–water partition coefficient (Wildman–Crippen LogP) is 1.04. The standard InChI is InChI=1S/C11H10N2O2/c1-8(14)4-11(15)6-9-2-3-13-10(5-9)7-12/h2-3,5H,4,6H2,1H3. The lowest BCUT2D eigenvalue weighted by atomic mass is 10.1. The molecule has 0 unspecified atom stereocenters. The molecule has 1 heterocycles. The number of carbonyl (C=O) groups excluding carboxylic acids is 2. The zero-order valence-corrected chi connectivity index (χ0v) is 8.36. The van der Waals surface area contributed by atoms with Crippen LogP contribution in [0.1, 0.15) is 24.6 Å². The highest BCUT2D eigenvalue weighted by atomic mass is 16.1. The molecule has 0 aliphatic rings. The summed E-state index contributed by atoms with van der Waals surface area (Å²) < 4.78 is 0. The molecule has 0 amide bonds. The molecule has 0 aliphatic carbocycles. The molecule has 76 valence electrons. The monoisotopic (exact) mass is 202 g/mol. The minimum atomic E-state index is -0.144. The second-order valence-electron chi connectivity index (χ2n) is 3.26. The Morgan fingerprint density at radius 1 is 1.53 bits per heavy atom. The average molecular weight is 202 g/mol. The molecule has 4 heteroatoms. The smallest absolute Gasteiger partial charge is 0.144 e. The highest BCUT2D eigenvalue weighted by Crippen LogP contribution is 2.04. The maximum absolute atomic E-state index is 11.3. The molecular formula is C11H10N2O2. The van der Waals surface area contributed by atoms with E-state index in [4.69, 9.17) is 5.26 Å². The van der Waals surface area contributed by atoms with Gasteiger partial charge < -0.3 is 0 Å². The number of aromatic nitrogens is 1. The van der Waals surface area contributed by atoms with Crippen molar-refractivity contribution in [3.05, 3.63) is 29.6 Å². The minimum absolute atomic E-state index is 0.0514. The first-order valence-corrected chi connectivity index (χ1v) is 4.48. The van der Waals surface area contributed by atoms with Crippen molar-refractivity contribution in [2.24, 2.45) is 0 Å². The van der Waals surface area contributed by atoms with E-state index in [0.29, 0.717) is 5.56 Å². The molecule has 0 fully saturated rings. The Balaban J connectivity index is 2.69. The van der Waals surface area contributed by atoms with Crippen molar-refractivity contribution in [3.63, 3.8) is 0 Å². The lowest BCUT2D eigenvalue weighted by Crippen LogP contribution is -2.07.